The van der Waals surface area contributed by atoms with Crippen LogP contribution in [0, 0.1) is 10.5 Å². The molecule has 0 saturated heterocycles. The lowest BCUT2D eigenvalue weighted by Crippen LogP contribution is -2.18. The number of hydrogen-bond acceptors (Lipinski definition) is 3. The molecule has 3 rings (SSSR count). The van der Waals surface area contributed by atoms with Crippen molar-refractivity contribution in [2.75, 3.05) is 10.6 Å². The maximum Gasteiger partial charge on any atom is 0.257 e. The molecular weight excluding hydrogens is 447 g/mol. The first-order valence-electron chi connectivity index (χ1n) is 7.54. The van der Waals surface area contributed by atoms with Crippen molar-refractivity contribution < 1.29 is 9.59 Å². The topological polar surface area (TPSA) is 58.2 Å². The van der Waals surface area contributed by atoms with Gasteiger partial charge in [-0.25, -0.2) is 0 Å². The molecule has 0 aliphatic heterocycles. The predicted molar refractivity (Wildman–Crippen MR) is 111 cm³/mol. The van der Waals surface area contributed by atoms with E-state index in [4.69, 9.17) is 0 Å². The van der Waals surface area contributed by atoms with Crippen molar-refractivity contribution in [2.45, 2.75) is 6.92 Å². The van der Waals surface area contributed by atoms with Crippen LogP contribution in [-0.2, 0) is 0 Å². The van der Waals surface area contributed by atoms with E-state index in [2.05, 4.69) is 33.2 Å². The summed E-state index contributed by atoms with van der Waals surface area (Å²) in [4.78, 5) is 24.9. The second-order valence-corrected chi connectivity index (χ2v) is 7.45. The van der Waals surface area contributed by atoms with E-state index in [-0.39, 0.29) is 11.8 Å². The number of aryl methyl sites for hydroxylation is 1. The van der Waals surface area contributed by atoms with Crippen LogP contribution < -0.4 is 10.6 Å². The van der Waals surface area contributed by atoms with Crippen LogP contribution in [0.2, 0.25) is 0 Å². The maximum absolute atomic E-state index is 12.7. The van der Waals surface area contributed by atoms with Gasteiger partial charge < -0.3 is 10.6 Å². The van der Waals surface area contributed by atoms with Gasteiger partial charge in [0.2, 0.25) is 0 Å². The van der Waals surface area contributed by atoms with Crippen molar-refractivity contribution in [1.82, 2.24) is 0 Å². The molecule has 0 spiro atoms. The molecule has 3 aromatic rings. The fourth-order valence-corrected chi connectivity index (χ4v) is 3.62. The fraction of sp³-hybridized carbons (Fsp3) is 0.0526. The Morgan fingerprint density at radius 1 is 0.960 bits per heavy atom. The number of hydrogen-bond donors (Lipinski definition) is 2. The average Bonchev–Trinajstić information content (AvgIpc) is 3.12. The number of halogens is 1. The highest BCUT2D eigenvalue weighted by molar-refractivity contribution is 14.1. The Kier molecular flexibility index (Phi) is 5.50. The van der Waals surface area contributed by atoms with Gasteiger partial charge in [-0.05, 0) is 76.9 Å². The summed E-state index contributed by atoms with van der Waals surface area (Å²) < 4.78 is 1.11. The Labute approximate surface area is 163 Å². The fourth-order valence-electron chi connectivity index (χ4n) is 2.34. The van der Waals surface area contributed by atoms with Crippen molar-refractivity contribution in [3.05, 3.63) is 79.6 Å². The van der Waals surface area contributed by atoms with Crippen molar-refractivity contribution in [2.24, 2.45) is 0 Å². The smallest absolute Gasteiger partial charge is 0.257 e. The summed E-state index contributed by atoms with van der Waals surface area (Å²) in [6.07, 6.45) is 0. The number of amides is 2. The minimum Gasteiger partial charge on any atom is -0.322 e. The van der Waals surface area contributed by atoms with E-state index in [1.165, 1.54) is 11.3 Å². The zero-order valence-corrected chi connectivity index (χ0v) is 16.4. The summed E-state index contributed by atoms with van der Waals surface area (Å²) in [5, 5.41) is 9.33. The molecule has 6 heteroatoms. The molecule has 0 atom stereocenters. The lowest BCUT2D eigenvalue weighted by atomic mass is 10.1. The maximum atomic E-state index is 12.7. The van der Waals surface area contributed by atoms with Gasteiger partial charge in [0.05, 0.1) is 16.8 Å². The third-order valence-electron chi connectivity index (χ3n) is 3.64. The molecule has 1 aromatic heterocycles. The molecule has 0 saturated carbocycles. The summed E-state index contributed by atoms with van der Waals surface area (Å²) in [6.45, 7) is 1.95. The number of para-hydroxylation sites is 1. The number of benzene rings is 2. The number of nitrogens with one attached hydrogen (secondary N) is 2. The molecule has 0 fully saturated rings. The van der Waals surface area contributed by atoms with E-state index in [1.54, 1.807) is 35.7 Å². The largest absolute Gasteiger partial charge is 0.322 e. The number of anilines is 2. The van der Waals surface area contributed by atoms with Gasteiger partial charge in [0, 0.05) is 14.6 Å². The van der Waals surface area contributed by atoms with E-state index in [0.717, 1.165) is 14.8 Å². The van der Waals surface area contributed by atoms with E-state index in [1.807, 2.05) is 30.5 Å². The first-order chi connectivity index (χ1) is 12.0. The van der Waals surface area contributed by atoms with Gasteiger partial charge >= 0.3 is 0 Å². The molecule has 126 valence electrons. The first-order valence-corrected chi connectivity index (χ1v) is 9.57. The summed E-state index contributed by atoms with van der Waals surface area (Å²) in [5.74, 6) is -0.488. The standard InChI is InChI=1S/C19H15IN2O2S/c1-12-10-14(20)6-7-16(12)21-19(24)15-4-2-3-5-17(15)22-18(23)13-8-9-25-11-13/h2-11H,1H3,(H,21,24)(H,22,23). The van der Waals surface area contributed by atoms with Gasteiger partial charge in [-0.3, -0.25) is 9.59 Å². The van der Waals surface area contributed by atoms with Crippen LogP contribution in [-0.4, -0.2) is 11.8 Å². The van der Waals surface area contributed by atoms with E-state index < -0.39 is 0 Å². The highest BCUT2D eigenvalue weighted by Gasteiger charge is 2.15. The molecule has 0 bridgehead atoms. The van der Waals surface area contributed by atoms with Gasteiger partial charge in [0.25, 0.3) is 11.8 Å². The van der Waals surface area contributed by atoms with Crippen LogP contribution in [0.4, 0.5) is 11.4 Å². The summed E-state index contributed by atoms with van der Waals surface area (Å²) in [6, 6.07) is 14.5. The quantitative estimate of drug-likeness (QED) is 0.526. The molecule has 2 aromatic carbocycles. The van der Waals surface area contributed by atoms with Gasteiger partial charge in [-0.2, -0.15) is 11.3 Å². The molecule has 4 nitrogen and oxygen atoms in total. The van der Waals surface area contributed by atoms with Crippen molar-refractivity contribution in [1.29, 1.82) is 0 Å². The third-order valence-corrected chi connectivity index (χ3v) is 4.99. The normalized spacial score (nSPS) is 10.3. The number of carbonyl (C=O) groups excluding carboxylic acids is 2. The van der Waals surface area contributed by atoms with E-state index in [0.29, 0.717) is 16.8 Å². The molecular formula is C19H15IN2O2S. The SMILES string of the molecule is Cc1cc(I)ccc1NC(=O)c1ccccc1NC(=O)c1ccsc1. The lowest BCUT2D eigenvalue weighted by Gasteiger charge is -2.12. The molecule has 2 N–H and O–H groups in total. The Morgan fingerprint density at radius 2 is 1.72 bits per heavy atom. The van der Waals surface area contributed by atoms with Gasteiger partial charge in [0.15, 0.2) is 0 Å². The Hall–Kier alpha value is -2.19. The highest BCUT2D eigenvalue weighted by Crippen LogP contribution is 2.22. The first kappa shape index (κ1) is 17.6. The Balaban J connectivity index is 1.82. The molecule has 0 aliphatic rings. The molecule has 2 amide bonds. The minimum absolute atomic E-state index is 0.230. The van der Waals surface area contributed by atoms with Gasteiger partial charge in [-0.1, -0.05) is 12.1 Å². The lowest BCUT2D eigenvalue weighted by molar-refractivity contribution is 0.102. The monoisotopic (exact) mass is 462 g/mol. The van der Waals surface area contributed by atoms with Crippen LogP contribution in [0.5, 0.6) is 0 Å². The van der Waals surface area contributed by atoms with E-state index >= 15 is 0 Å². The van der Waals surface area contributed by atoms with Gasteiger partial charge in [-0.15, -0.1) is 0 Å². The Morgan fingerprint density at radius 3 is 2.44 bits per heavy atom. The second kappa shape index (κ2) is 7.79. The molecule has 0 radical (unpaired) electrons. The second-order valence-electron chi connectivity index (χ2n) is 5.43. The average molecular weight is 462 g/mol. The van der Waals surface area contributed by atoms with Crippen molar-refractivity contribution in [3.8, 4) is 0 Å². The van der Waals surface area contributed by atoms with Gasteiger partial charge in [0.1, 0.15) is 0 Å². The number of thiophene rings is 1. The summed E-state index contributed by atoms with van der Waals surface area (Å²) in [5.41, 5.74) is 3.22. The predicted octanol–water partition coefficient (Wildman–Crippen LogP) is 5.17. The molecule has 0 unspecified atom stereocenters. The zero-order valence-electron chi connectivity index (χ0n) is 13.4. The molecule has 1 heterocycles. The van der Waals surface area contributed by atoms with E-state index in [9.17, 15) is 9.59 Å². The molecule has 0 aliphatic carbocycles. The zero-order chi connectivity index (χ0) is 17.8. The van der Waals surface area contributed by atoms with Crippen LogP contribution in [0.1, 0.15) is 26.3 Å². The van der Waals surface area contributed by atoms with Crippen LogP contribution in [0.15, 0.2) is 59.3 Å². The minimum atomic E-state index is -0.259. The number of carbonyl (C=O) groups is 2. The van der Waals surface area contributed by atoms with Crippen LogP contribution >= 0.6 is 33.9 Å². The van der Waals surface area contributed by atoms with Crippen molar-refractivity contribution >= 4 is 57.1 Å². The van der Waals surface area contributed by atoms with Crippen molar-refractivity contribution in [3.63, 3.8) is 0 Å². The Bertz CT molecular complexity index is 923. The van der Waals surface area contributed by atoms with Crippen LogP contribution in [0.25, 0.3) is 0 Å². The molecule has 25 heavy (non-hydrogen) atoms. The highest BCUT2D eigenvalue weighted by atomic mass is 127. The summed E-state index contributed by atoms with van der Waals surface area (Å²) in [7, 11) is 0. The van der Waals surface area contributed by atoms with Crippen LogP contribution in [0.3, 0.4) is 0 Å². The third kappa shape index (κ3) is 4.26. The summed E-state index contributed by atoms with van der Waals surface area (Å²) >= 11 is 3.68. The number of rotatable bonds is 4.